The highest BCUT2D eigenvalue weighted by molar-refractivity contribution is 5.95. The van der Waals surface area contributed by atoms with Crippen LogP contribution in [0.2, 0.25) is 0 Å². The highest BCUT2D eigenvalue weighted by atomic mass is 16.2. The molecule has 1 amide bonds. The molecule has 142 valence electrons. The fourth-order valence-electron chi connectivity index (χ4n) is 3.33. The number of benzene rings is 2. The van der Waals surface area contributed by atoms with Crippen molar-refractivity contribution in [3.8, 4) is 17.1 Å². The van der Waals surface area contributed by atoms with Gasteiger partial charge in [0.25, 0.3) is 0 Å². The van der Waals surface area contributed by atoms with Crippen LogP contribution in [-0.4, -0.2) is 35.7 Å². The first-order valence-electron chi connectivity index (χ1n) is 9.14. The van der Waals surface area contributed by atoms with Crippen molar-refractivity contribution in [2.45, 2.75) is 6.54 Å². The summed E-state index contributed by atoms with van der Waals surface area (Å²) in [5.74, 6) is 0.415. The molecule has 0 bridgehead atoms. The number of aromatic nitrogens is 6. The molecule has 3 heterocycles. The number of nitrogens with one attached hydrogen (secondary N) is 2. The van der Waals surface area contributed by atoms with E-state index in [0.717, 1.165) is 28.0 Å². The first kappa shape index (κ1) is 16.9. The van der Waals surface area contributed by atoms with Crippen LogP contribution in [0.3, 0.4) is 0 Å². The van der Waals surface area contributed by atoms with Crippen molar-refractivity contribution < 1.29 is 4.79 Å². The number of hydrogen-bond acceptors (Lipinski definition) is 4. The Labute approximate surface area is 165 Å². The molecule has 0 radical (unpaired) electrons. The molecule has 0 spiro atoms. The zero-order chi connectivity index (χ0) is 19.6. The van der Waals surface area contributed by atoms with Crippen molar-refractivity contribution in [3.05, 3.63) is 79.1 Å². The smallest absolute Gasteiger partial charge is 0.247 e. The molecule has 8 heteroatoms. The van der Waals surface area contributed by atoms with Crippen LogP contribution in [0.5, 0.6) is 0 Å². The summed E-state index contributed by atoms with van der Waals surface area (Å²) >= 11 is 0. The van der Waals surface area contributed by atoms with Crippen LogP contribution < -0.4 is 5.32 Å². The molecule has 29 heavy (non-hydrogen) atoms. The van der Waals surface area contributed by atoms with Gasteiger partial charge in [-0.1, -0.05) is 36.4 Å². The highest BCUT2D eigenvalue weighted by Gasteiger charge is 2.16. The van der Waals surface area contributed by atoms with Gasteiger partial charge in [0.1, 0.15) is 18.1 Å². The Kier molecular flexibility index (Phi) is 4.14. The molecule has 0 aliphatic heterocycles. The molecule has 5 aromatic rings. The summed E-state index contributed by atoms with van der Waals surface area (Å²) in [4.78, 5) is 12.8. The minimum Gasteiger partial charge on any atom is -0.309 e. The van der Waals surface area contributed by atoms with Gasteiger partial charge < -0.3 is 5.32 Å². The Morgan fingerprint density at radius 1 is 0.966 bits per heavy atom. The van der Waals surface area contributed by atoms with Gasteiger partial charge in [-0.05, 0) is 24.3 Å². The number of para-hydroxylation sites is 2. The van der Waals surface area contributed by atoms with Gasteiger partial charge >= 0.3 is 0 Å². The van der Waals surface area contributed by atoms with Crippen LogP contribution in [0.1, 0.15) is 0 Å². The van der Waals surface area contributed by atoms with Gasteiger partial charge in [0.15, 0.2) is 0 Å². The molecule has 2 N–H and O–H groups in total. The van der Waals surface area contributed by atoms with E-state index in [1.807, 2.05) is 60.7 Å². The third kappa shape index (κ3) is 3.16. The summed E-state index contributed by atoms with van der Waals surface area (Å²) in [6.07, 6.45) is 3.34. The molecule has 0 aliphatic carbocycles. The van der Waals surface area contributed by atoms with Gasteiger partial charge in [0.05, 0.1) is 23.1 Å². The fraction of sp³-hybridized carbons (Fsp3) is 0.0476. The summed E-state index contributed by atoms with van der Waals surface area (Å²) in [5.41, 5.74) is 3.32. The summed E-state index contributed by atoms with van der Waals surface area (Å²) in [5, 5.41) is 19.8. The second-order valence-corrected chi connectivity index (χ2v) is 6.51. The number of carbonyl (C=O) groups is 1. The molecular formula is C21H17N7O. The van der Waals surface area contributed by atoms with E-state index in [-0.39, 0.29) is 12.5 Å². The van der Waals surface area contributed by atoms with Crippen LogP contribution in [-0.2, 0) is 11.3 Å². The normalized spacial score (nSPS) is 11.0. The second-order valence-electron chi connectivity index (χ2n) is 6.51. The Hall–Kier alpha value is -4.20. The molecule has 2 aromatic carbocycles. The van der Waals surface area contributed by atoms with Crippen molar-refractivity contribution in [1.82, 2.24) is 29.8 Å². The van der Waals surface area contributed by atoms with E-state index in [0.29, 0.717) is 5.82 Å². The Bertz CT molecular complexity index is 1270. The number of hydrogen-bond donors (Lipinski definition) is 2. The topological polar surface area (TPSA) is 93.4 Å². The Morgan fingerprint density at radius 2 is 1.79 bits per heavy atom. The van der Waals surface area contributed by atoms with Gasteiger partial charge in [0, 0.05) is 17.6 Å². The molecular weight excluding hydrogens is 366 g/mol. The predicted octanol–water partition coefficient (Wildman–Crippen LogP) is 3.25. The van der Waals surface area contributed by atoms with Gasteiger partial charge in [0.2, 0.25) is 5.91 Å². The average molecular weight is 383 g/mol. The lowest BCUT2D eigenvalue weighted by molar-refractivity contribution is -0.116. The molecule has 3 aromatic heterocycles. The number of fused-ring (bicyclic) bond motifs is 1. The van der Waals surface area contributed by atoms with Gasteiger partial charge in [-0.2, -0.15) is 15.3 Å². The SMILES string of the molecule is O=C(Cn1nc(-c2ccn[nH]2)c2ccccc21)Nc1ccnn1-c1ccccc1. The van der Waals surface area contributed by atoms with Crippen molar-refractivity contribution in [2.24, 2.45) is 0 Å². The molecule has 0 aliphatic rings. The standard InChI is InChI=1S/C21H17N7O/c29-20(24-19-11-13-23-28(19)15-6-2-1-3-7-15)14-27-18-9-5-4-8-16(18)21(26-27)17-10-12-22-25-17/h1-13H,14H2,(H,22,25)(H,24,29). The molecule has 0 saturated heterocycles. The van der Waals surface area contributed by atoms with E-state index in [2.05, 4.69) is 25.7 Å². The maximum Gasteiger partial charge on any atom is 0.247 e. The van der Waals surface area contributed by atoms with Crippen molar-refractivity contribution in [2.75, 3.05) is 5.32 Å². The van der Waals surface area contributed by atoms with Crippen LogP contribution >= 0.6 is 0 Å². The van der Waals surface area contributed by atoms with E-state index < -0.39 is 0 Å². The third-order valence-electron chi connectivity index (χ3n) is 4.62. The quantitative estimate of drug-likeness (QED) is 0.487. The lowest BCUT2D eigenvalue weighted by Gasteiger charge is -2.09. The molecule has 0 unspecified atom stereocenters. The second kappa shape index (κ2) is 7.08. The first-order chi connectivity index (χ1) is 14.3. The van der Waals surface area contributed by atoms with Crippen LogP contribution in [0.25, 0.3) is 28.0 Å². The zero-order valence-electron chi connectivity index (χ0n) is 15.4. The largest absolute Gasteiger partial charge is 0.309 e. The van der Waals surface area contributed by atoms with Crippen LogP contribution in [0.4, 0.5) is 5.82 Å². The van der Waals surface area contributed by atoms with Crippen molar-refractivity contribution >= 4 is 22.6 Å². The Balaban J connectivity index is 1.43. The number of aromatic amines is 1. The number of carbonyl (C=O) groups excluding carboxylic acids is 1. The molecule has 0 atom stereocenters. The first-order valence-corrected chi connectivity index (χ1v) is 9.14. The monoisotopic (exact) mass is 383 g/mol. The maximum atomic E-state index is 12.8. The van der Waals surface area contributed by atoms with Gasteiger partial charge in [-0.3, -0.25) is 14.6 Å². The number of anilines is 1. The van der Waals surface area contributed by atoms with Crippen molar-refractivity contribution in [3.63, 3.8) is 0 Å². The van der Waals surface area contributed by atoms with Gasteiger partial charge in [-0.15, -0.1) is 0 Å². The van der Waals surface area contributed by atoms with E-state index in [4.69, 9.17) is 0 Å². The van der Waals surface area contributed by atoms with E-state index in [1.54, 1.807) is 27.8 Å². The maximum absolute atomic E-state index is 12.8. The summed E-state index contributed by atoms with van der Waals surface area (Å²) in [7, 11) is 0. The minimum absolute atomic E-state index is 0.0780. The molecule has 0 saturated carbocycles. The highest BCUT2D eigenvalue weighted by Crippen LogP contribution is 2.26. The predicted molar refractivity (Wildman–Crippen MR) is 110 cm³/mol. The van der Waals surface area contributed by atoms with E-state index in [1.165, 1.54) is 0 Å². The van der Waals surface area contributed by atoms with Crippen molar-refractivity contribution in [1.29, 1.82) is 0 Å². The summed E-state index contributed by atoms with van der Waals surface area (Å²) in [6.45, 7) is 0.0780. The van der Waals surface area contributed by atoms with Crippen LogP contribution in [0, 0.1) is 0 Å². The summed E-state index contributed by atoms with van der Waals surface area (Å²) < 4.78 is 3.39. The fourth-order valence-corrected chi connectivity index (χ4v) is 3.33. The van der Waals surface area contributed by atoms with Gasteiger partial charge in [-0.25, -0.2) is 4.68 Å². The molecule has 0 fully saturated rings. The van der Waals surface area contributed by atoms with Crippen LogP contribution in [0.15, 0.2) is 79.1 Å². The number of amides is 1. The minimum atomic E-state index is -0.188. The molecule has 8 nitrogen and oxygen atoms in total. The zero-order valence-corrected chi connectivity index (χ0v) is 15.4. The third-order valence-corrected chi connectivity index (χ3v) is 4.62. The van der Waals surface area contributed by atoms with E-state index >= 15 is 0 Å². The Morgan fingerprint density at radius 3 is 2.62 bits per heavy atom. The number of H-pyrrole nitrogens is 1. The van der Waals surface area contributed by atoms with E-state index in [9.17, 15) is 4.79 Å². The average Bonchev–Trinajstić information content (AvgIpc) is 3.49. The number of nitrogens with zero attached hydrogens (tertiary/aromatic N) is 5. The lowest BCUT2D eigenvalue weighted by atomic mass is 10.2. The molecule has 5 rings (SSSR count). The number of rotatable bonds is 5. The lowest BCUT2D eigenvalue weighted by Crippen LogP contribution is -2.21. The summed E-state index contributed by atoms with van der Waals surface area (Å²) in [6, 6.07) is 21.1.